The van der Waals surface area contributed by atoms with E-state index in [1.165, 1.54) is 10.4 Å². The zero-order valence-corrected chi connectivity index (χ0v) is 22.4. The number of carboxylic acid groups (broad SMARTS) is 1. The van der Waals surface area contributed by atoms with E-state index in [1.807, 2.05) is 40.3 Å². The molecule has 0 radical (unpaired) electrons. The molecule has 0 N–H and O–H groups in total. The minimum atomic E-state index is -2.32. The highest BCUT2D eigenvalue weighted by Gasteiger charge is 2.43. The van der Waals surface area contributed by atoms with Crippen LogP contribution in [0.3, 0.4) is 0 Å². The highest BCUT2D eigenvalue weighted by atomic mass is 28.3. The molecule has 0 aromatic heterocycles. The van der Waals surface area contributed by atoms with Crippen LogP contribution in [0.5, 0.6) is 0 Å². The van der Waals surface area contributed by atoms with Crippen LogP contribution in [-0.4, -0.2) is 59.1 Å². The van der Waals surface area contributed by atoms with E-state index in [2.05, 4.69) is 62.5 Å². The maximum atomic E-state index is 12.1. The summed E-state index contributed by atoms with van der Waals surface area (Å²) in [7, 11) is 5.79. The van der Waals surface area contributed by atoms with Crippen LogP contribution in [0, 0.1) is 0 Å². The van der Waals surface area contributed by atoms with Gasteiger partial charge in [-0.05, 0) is 68.9 Å². The third-order valence-electron chi connectivity index (χ3n) is 7.18. The van der Waals surface area contributed by atoms with Crippen molar-refractivity contribution in [3.05, 3.63) is 98.6 Å². The lowest BCUT2D eigenvalue weighted by Crippen LogP contribution is -2.52. The van der Waals surface area contributed by atoms with Crippen LogP contribution in [0.2, 0.25) is 12.6 Å². The molecule has 2 aromatic carbocycles. The Morgan fingerprint density at radius 1 is 1.14 bits per heavy atom. The van der Waals surface area contributed by atoms with Crippen LogP contribution in [0.4, 0.5) is 5.69 Å². The lowest BCUT2D eigenvalue weighted by molar-refractivity contribution is -0.462. The number of carbonyl (C=O) groups is 1. The molecule has 0 unspecified atom stereocenters. The Balaban J connectivity index is 2.09. The second kappa shape index (κ2) is 10.0. The van der Waals surface area contributed by atoms with Crippen molar-refractivity contribution in [2.45, 2.75) is 19.0 Å². The first-order valence-corrected chi connectivity index (χ1v) is 14.7. The van der Waals surface area contributed by atoms with Gasteiger partial charge in [0, 0.05) is 49.0 Å². The minimum absolute atomic E-state index is 0.186. The van der Waals surface area contributed by atoms with Gasteiger partial charge in [-0.25, -0.2) is 4.58 Å². The normalized spacial score (nSPS) is 18.1. The minimum Gasteiger partial charge on any atom is -0.545 e. The number of hydrogen-bond acceptors (Lipinski definition) is 4. The van der Waals surface area contributed by atoms with Crippen LogP contribution in [-0.2, 0) is 0 Å². The summed E-state index contributed by atoms with van der Waals surface area (Å²) in [6, 6.07) is 14.5. The molecule has 2 aromatic rings. The second-order valence-corrected chi connectivity index (χ2v) is 14.1. The predicted octanol–water partition coefficient (Wildman–Crippen LogP) is 3.67. The molecule has 36 heavy (non-hydrogen) atoms. The van der Waals surface area contributed by atoms with E-state index in [0.717, 1.165) is 40.6 Å². The van der Waals surface area contributed by atoms with Crippen molar-refractivity contribution < 1.29 is 14.5 Å². The summed E-state index contributed by atoms with van der Waals surface area (Å²) in [6.07, 6.45) is 7.28. The Bertz CT molecular complexity index is 1410. The van der Waals surface area contributed by atoms with Gasteiger partial charge >= 0.3 is 0 Å². The predicted molar refractivity (Wildman–Crippen MR) is 147 cm³/mol. The van der Waals surface area contributed by atoms with Gasteiger partial charge in [0.15, 0.2) is 5.71 Å². The number of carboxylic acids is 1. The Morgan fingerprint density at radius 2 is 1.89 bits per heavy atom. The van der Waals surface area contributed by atoms with Crippen molar-refractivity contribution in [3.8, 4) is 0 Å². The fourth-order valence-corrected chi connectivity index (χ4v) is 9.48. The summed E-state index contributed by atoms with van der Waals surface area (Å²) in [6.45, 7) is 2.83. The molecular weight excluding hydrogens is 466 g/mol. The van der Waals surface area contributed by atoms with Crippen molar-refractivity contribution >= 4 is 36.2 Å². The number of benzene rings is 2. The Hall–Kier alpha value is -3.87. The standard InChI is InChI=1S/C28H31N5O2Si/c1-32(2)19-11-13-23-25(17-19)36(5,16-8-15-30-31-29)26-18-20(33(3)4)12-14-24(26)27(23)21-9-6-7-10-22(21)28(34)35/h6-7,9-14,17-18H,8,15-16H2,1-5H3. The van der Waals surface area contributed by atoms with Gasteiger partial charge < -0.3 is 14.8 Å². The van der Waals surface area contributed by atoms with Crippen molar-refractivity contribution in [1.29, 1.82) is 0 Å². The number of azide groups is 1. The topological polar surface area (TPSA) is 95.1 Å². The van der Waals surface area contributed by atoms with Crippen molar-refractivity contribution in [2.75, 3.05) is 39.6 Å². The molecule has 8 heteroatoms. The fraction of sp³-hybridized carbons (Fsp3) is 0.286. The maximum Gasteiger partial charge on any atom is 0.199 e. The summed E-state index contributed by atoms with van der Waals surface area (Å²) in [5.41, 5.74) is 14.9. The van der Waals surface area contributed by atoms with Gasteiger partial charge in [0.25, 0.3) is 0 Å². The second-order valence-electron chi connectivity index (χ2n) is 9.85. The molecule has 1 heterocycles. The molecule has 0 saturated heterocycles. The molecule has 0 fully saturated rings. The average Bonchev–Trinajstić information content (AvgIpc) is 2.86. The number of nitrogens with zero attached hydrogens (tertiary/aromatic N) is 5. The fourth-order valence-electron chi connectivity index (χ4n) is 5.25. The van der Waals surface area contributed by atoms with Crippen molar-refractivity contribution in [2.24, 2.45) is 5.11 Å². The lowest BCUT2D eigenvalue weighted by atomic mass is 9.87. The third kappa shape index (κ3) is 4.41. The average molecular weight is 498 g/mol. The quantitative estimate of drug-likeness (QED) is 0.146. The molecule has 2 aliphatic rings. The molecule has 1 aliphatic carbocycles. The number of fused-ring (bicyclic) bond motifs is 2. The van der Waals surface area contributed by atoms with E-state index in [1.54, 1.807) is 12.1 Å². The molecule has 0 bridgehead atoms. The first kappa shape index (κ1) is 25.2. The molecule has 184 valence electrons. The number of hydrogen-bond donors (Lipinski definition) is 0. The SMILES string of the molecule is CN(C)c1ccc2c(c1)[Si@](C)(CCCN=[N+]=[N-])C1=CC(=[N+](C)C)C=CC1=C2c1ccccc1C(=O)[O-]. The molecule has 4 rings (SSSR count). The van der Waals surface area contributed by atoms with Gasteiger partial charge in [-0.15, -0.1) is 0 Å². The Kier molecular flexibility index (Phi) is 7.01. The van der Waals surface area contributed by atoms with E-state index in [0.29, 0.717) is 12.1 Å². The Labute approximate surface area is 213 Å². The van der Waals surface area contributed by atoms with Gasteiger partial charge in [0.2, 0.25) is 0 Å². The summed E-state index contributed by atoms with van der Waals surface area (Å²) < 4.78 is 2.09. The van der Waals surface area contributed by atoms with Crippen molar-refractivity contribution in [1.82, 2.24) is 0 Å². The van der Waals surface area contributed by atoms with Gasteiger partial charge in [-0.3, -0.25) is 0 Å². The third-order valence-corrected chi connectivity index (χ3v) is 11.7. The highest BCUT2D eigenvalue weighted by Crippen LogP contribution is 2.44. The highest BCUT2D eigenvalue weighted by molar-refractivity contribution is 6.99. The molecular formula is C28H31N5O2Si. The number of aromatic carboxylic acids is 1. The summed E-state index contributed by atoms with van der Waals surface area (Å²) in [5, 5.41) is 18.5. The molecule has 0 saturated carbocycles. The van der Waals surface area contributed by atoms with Crippen LogP contribution < -0.4 is 15.2 Å². The molecule has 0 amide bonds. The van der Waals surface area contributed by atoms with Crippen molar-refractivity contribution in [3.63, 3.8) is 0 Å². The smallest absolute Gasteiger partial charge is 0.199 e. The number of allylic oxidation sites excluding steroid dienone is 5. The molecule has 7 nitrogen and oxygen atoms in total. The monoisotopic (exact) mass is 497 g/mol. The van der Waals surface area contributed by atoms with Crippen LogP contribution in [0.25, 0.3) is 16.0 Å². The first-order valence-electron chi connectivity index (χ1n) is 12.0. The first-order chi connectivity index (χ1) is 17.2. The molecule has 1 aliphatic heterocycles. The van der Waals surface area contributed by atoms with E-state index < -0.39 is 14.0 Å². The summed E-state index contributed by atoms with van der Waals surface area (Å²) in [5.74, 6) is -1.18. The molecule has 1 atom stereocenters. The van der Waals surface area contributed by atoms with Crippen LogP contribution in [0.15, 0.2) is 76.6 Å². The summed E-state index contributed by atoms with van der Waals surface area (Å²) in [4.78, 5) is 17.2. The zero-order chi connectivity index (χ0) is 26.0. The zero-order valence-electron chi connectivity index (χ0n) is 21.4. The summed E-state index contributed by atoms with van der Waals surface area (Å²) >= 11 is 0. The van der Waals surface area contributed by atoms with E-state index in [-0.39, 0.29) is 5.56 Å². The van der Waals surface area contributed by atoms with E-state index >= 15 is 0 Å². The van der Waals surface area contributed by atoms with Gasteiger partial charge in [0.1, 0.15) is 22.2 Å². The Morgan fingerprint density at radius 3 is 2.56 bits per heavy atom. The van der Waals surface area contributed by atoms with E-state index in [9.17, 15) is 9.90 Å². The number of carbonyl (C=O) groups excluding carboxylic acids is 1. The van der Waals surface area contributed by atoms with Crippen LogP contribution >= 0.6 is 0 Å². The van der Waals surface area contributed by atoms with Gasteiger partial charge in [-0.1, -0.05) is 42.0 Å². The number of rotatable bonds is 7. The van der Waals surface area contributed by atoms with E-state index in [4.69, 9.17) is 5.53 Å². The molecule has 0 spiro atoms. The van der Waals surface area contributed by atoms with Gasteiger partial charge in [0.05, 0.1) is 5.97 Å². The maximum absolute atomic E-state index is 12.1. The lowest BCUT2D eigenvalue weighted by Gasteiger charge is -2.41. The largest absolute Gasteiger partial charge is 0.545 e. The van der Waals surface area contributed by atoms with Gasteiger partial charge in [-0.2, -0.15) is 0 Å². The van der Waals surface area contributed by atoms with Crippen LogP contribution in [0.1, 0.15) is 27.9 Å². The number of anilines is 1.